The SMILES string of the molecule is CCCc1nn(-c2[c-]c(Oc3[c-]c4c(cc3)c3ccccc3n4-c3cc(C)ccn3)cc(C(C)C)c2)c(C(C)(C)C)c1-c1ccc(C)cc1.[Pt+2]. The number of benzene rings is 4. The Balaban J connectivity index is 0.00000432. The number of fused-ring (bicyclic) bond motifs is 3. The van der Waals surface area contributed by atoms with Crippen LogP contribution in [-0.2, 0) is 32.9 Å². The summed E-state index contributed by atoms with van der Waals surface area (Å²) in [6.45, 7) is 17.7. The molecule has 7 rings (SSSR count). The molecule has 3 aromatic heterocycles. The number of ether oxygens (including phenoxy) is 1. The van der Waals surface area contributed by atoms with E-state index in [-0.39, 0.29) is 32.4 Å². The van der Waals surface area contributed by atoms with E-state index >= 15 is 0 Å². The van der Waals surface area contributed by atoms with Gasteiger partial charge in [0.05, 0.1) is 11.4 Å². The van der Waals surface area contributed by atoms with Crippen LogP contribution in [0.5, 0.6) is 11.5 Å². The Kier molecular flexibility index (Phi) is 9.93. The third-order valence-electron chi connectivity index (χ3n) is 9.15. The number of hydrogen-bond donors (Lipinski definition) is 0. The van der Waals surface area contributed by atoms with E-state index < -0.39 is 0 Å². The summed E-state index contributed by atoms with van der Waals surface area (Å²) in [7, 11) is 0. The van der Waals surface area contributed by atoms with Crippen molar-refractivity contribution in [2.75, 3.05) is 0 Å². The summed E-state index contributed by atoms with van der Waals surface area (Å²) >= 11 is 0. The molecule has 50 heavy (non-hydrogen) atoms. The van der Waals surface area contributed by atoms with Gasteiger partial charge in [-0.15, -0.1) is 41.3 Å². The minimum atomic E-state index is -0.183. The van der Waals surface area contributed by atoms with Gasteiger partial charge < -0.3 is 9.30 Å². The van der Waals surface area contributed by atoms with Gasteiger partial charge in [-0.3, -0.25) is 4.68 Å². The molecule has 0 unspecified atom stereocenters. The third kappa shape index (κ3) is 6.68. The Bertz CT molecular complexity index is 2300. The maximum atomic E-state index is 6.67. The smallest absolute Gasteiger partial charge is 0.509 e. The molecule has 7 aromatic rings. The zero-order chi connectivity index (χ0) is 34.4. The maximum Gasteiger partial charge on any atom is 2.00 e. The average molecular weight is 840 g/mol. The van der Waals surface area contributed by atoms with Crippen molar-refractivity contribution in [3.8, 4) is 34.1 Å². The first-order valence-electron chi connectivity index (χ1n) is 17.3. The molecular weight excluding hydrogens is 796 g/mol. The standard InChI is InChI=1S/C44H44N4O.Pt/c1-9-12-38-42(31-17-15-29(4)16-18-31)43(44(6,7)8)48(46-38)33-24-32(28(2)3)25-35(26-33)49-34-19-20-37-36-13-10-11-14-39(36)47(40(37)27-34)41-23-30(5)21-22-45-41;/h10-11,13-25,28H,9,12H2,1-8H3;/q-2;+2. The first-order chi connectivity index (χ1) is 23.5. The van der Waals surface area contributed by atoms with Crippen molar-refractivity contribution < 1.29 is 25.8 Å². The van der Waals surface area contributed by atoms with Crippen LogP contribution in [0.1, 0.15) is 82.0 Å². The molecule has 4 aromatic carbocycles. The van der Waals surface area contributed by atoms with Gasteiger partial charge in [-0.05, 0) is 66.6 Å². The van der Waals surface area contributed by atoms with Gasteiger partial charge in [0.2, 0.25) is 0 Å². The number of pyridine rings is 1. The zero-order valence-electron chi connectivity index (χ0n) is 30.2. The van der Waals surface area contributed by atoms with Crippen LogP contribution in [0.3, 0.4) is 0 Å². The zero-order valence-corrected chi connectivity index (χ0v) is 32.4. The number of aryl methyl sites for hydroxylation is 3. The molecule has 0 radical (unpaired) electrons. The van der Waals surface area contributed by atoms with E-state index in [9.17, 15) is 0 Å². The van der Waals surface area contributed by atoms with Gasteiger partial charge in [0.1, 0.15) is 5.82 Å². The van der Waals surface area contributed by atoms with Gasteiger partial charge >= 0.3 is 21.1 Å². The summed E-state index contributed by atoms with van der Waals surface area (Å²) in [6.07, 6.45) is 3.76. The second kappa shape index (κ2) is 14.0. The largest absolute Gasteiger partial charge is 2.00 e. The van der Waals surface area contributed by atoms with Crippen LogP contribution in [-0.4, -0.2) is 19.3 Å². The Morgan fingerprint density at radius 1 is 0.820 bits per heavy atom. The molecule has 0 fully saturated rings. The minimum absolute atomic E-state index is 0. The number of hydrogen-bond acceptors (Lipinski definition) is 3. The summed E-state index contributed by atoms with van der Waals surface area (Å²) < 4.78 is 11.0. The van der Waals surface area contributed by atoms with Gasteiger partial charge in [-0.25, -0.2) is 4.98 Å². The van der Waals surface area contributed by atoms with Crippen molar-refractivity contribution in [2.24, 2.45) is 0 Å². The van der Waals surface area contributed by atoms with E-state index in [0.29, 0.717) is 11.5 Å². The molecule has 0 spiro atoms. The van der Waals surface area contributed by atoms with Crippen molar-refractivity contribution in [3.63, 3.8) is 0 Å². The number of aromatic nitrogens is 4. The maximum absolute atomic E-state index is 6.67. The van der Waals surface area contributed by atoms with Crippen molar-refractivity contribution in [3.05, 3.63) is 131 Å². The van der Waals surface area contributed by atoms with Crippen LogP contribution in [0, 0.1) is 26.0 Å². The summed E-state index contributed by atoms with van der Waals surface area (Å²) in [5, 5.41) is 7.57. The fourth-order valence-electron chi connectivity index (χ4n) is 6.75. The van der Waals surface area contributed by atoms with Crippen LogP contribution >= 0.6 is 0 Å². The van der Waals surface area contributed by atoms with E-state index in [1.807, 2.05) is 18.3 Å². The molecule has 5 nitrogen and oxygen atoms in total. The van der Waals surface area contributed by atoms with Crippen LogP contribution in [0.25, 0.3) is 44.4 Å². The molecule has 0 amide bonds. The molecule has 0 saturated carbocycles. The monoisotopic (exact) mass is 839 g/mol. The van der Waals surface area contributed by atoms with Crippen LogP contribution in [0.4, 0.5) is 0 Å². The molecule has 0 saturated heterocycles. The molecule has 0 aliphatic heterocycles. The predicted octanol–water partition coefficient (Wildman–Crippen LogP) is 11.4. The van der Waals surface area contributed by atoms with Crippen LogP contribution < -0.4 is 4.74 Å². The molecular formula is C44H44N4OPt. The Hall–Kier alpha value is -4.47. The van der Waals surface area contributed by atoms with E-state index in [1.54, 1.807) is 0 Å². The summed E-state index contributed by atoms with van der Waals surface area (Å²) in [5.41, 5.74) is 11.0. The molecule has 0 atom stereocenters. The minimum Gasteiger partial charge on any atom is -0.509 e. The quantitative estimate of drug-likeness (QED) is 0.143. The van der Waals surface area contributed by atoms with E-state index in [0.717, 1.165) is 63.0 Å². The van der Waals surface area contributed by atoms with Crippen molar-refractivity contribution in [2.45, 2.75) is 79.6 Å². The molecule has 0 bridgehead atoms. The number of nitrogens with zero attached hydrogens (tertiary/aromatic N) is 4. The summed E-state index contributed by atoms with van der Waals surface area (Å²) in [6, 6.07) is 37.1. The predicted molar refractivity (Wildman–Crippen MR) is 202 cm³/mol. The average Bonchev–Trinajstić information content (AvgIpc) is 3.61. The Morgan fingerprint density at radius 3 is 2.28 bits per heavy atom. The van der Waals surface area contributed by atoms with Gasteiger partial charge in [0.25, 0.3) is 0 Å². The molecule has 6 heteroatoms. The molecule has 0 aliphatic rings. The van der Waals surface area contributed by atoms with Crippen LogP contribution in [0.15, 0.2) is 91.1 Å². The van der Waals surface area contributed by atoms with Crippen molar-refractivity contribution in [1.29, 1.82) is 0 Å². The van der Waals surface area contributed by atoms with Gasteiger partial charge in [0.15, 0.2) is 0 Å². The second-order valence-corrected chi connectivity index (χ2v) is 14.5. The summed E-state index contributed by atoms with van der Waals surface area (Å²) in [5.74, 6) is 2.39. The normalized spacial score (nSPS) is 11.8. The molecule has 3 heterocycles. The summed E-state index contributed by atoms with van der Waals surface area (Å²) in [4.78, 5) is 4.73. The second-order valence-electron chi connectivity index (χ2n) is 14.5. The molecule has 256 valence electrons. The van der Waals surface area contributed by atoms with E-state index in [4.69, 9.17) is 14.8 Å². The Morgan fingerprint density at radius 2 is 1.58 bits per heavy atom. The van der Waals surface area contributed by atoms with Crippen LogP contribution in [0.2, 0.25) is 0 Å². The third-order valence-corrected chi connectivity index (χ3v) is 9.15. The first kappa shape index (κ1) is 35.4. The molecule has 0 aliphatic carbocycles. The molecule has 0 N–H and O–H groups in total. The first-order valence-corrected chi connectivity index (χ1v) is 17.3. The van der Waals surface area contributed by atoms with Gasteiger partial charge in [0, 0.05) is 34.2 Å². The number of rotatable bonds is 8. The van der Waals surface area contributed by atoms with Crippen molar-refractivity contribution >= 4 is 21.8 Å². The van der Waals surface area contributed by atoms with Gasteiger partial charge in [-0.2, -0.15) is 11.2 Å². The number of para-hydroxylation sites is 1. The van der Waals surface area contributed by atoms with Crippen molar-refractivity contribution in [1.82, 2.24) is 19.3 Å². The fraction of sp³-hybridized carbons (Fsp3) is 0.273. The van der Waals surface area contributed by atoms with E-state index in [1.165, 1.54) is 22.4 Å². The van der Waals surface area contributed by atoms with Gasteiger partial charge in [-0.1, -0.05) is 102 Å². The topological polar surface area (TPSA) is 44.9 Å². The fourth-order valence-corrected chi connectivity index (χ4v) is 6.75. The Labute approximate surface area is 310 Å². The van der Waals surface area contributed by atoms with E-state index in [2.05, 4.69) is 150 Å².